The lowest BCUT2D eigenvalue weighted by atomic mass is 9.65. The Hall–Kier alpha value is -4.47. The van der Waals surface area contributed by atoms with E-state index in [9.17, 15) is 9.18 Å². The van der Waals surface area contributed by atoms with Gasteiger partial charge < -0.3 is 33.3 Å². The highest BCUT2D eigenvalue weighted by atomic mass is 19.1. The molecule has 0 radical (unpaired) electrons. The van der Waals surface area contributed by atoms with Gasteiger partial charge in [-0.2, -0.15) is 0 Å². The van der Waals surface area contributed by atoms with Crippen molar-refractivity contribution in [1.29, 1.82) is 0 Å². The van der Waals surface area contributed by atoms with E-state index in [1.807, 2.05) is 24.3 Å². The number of rotatable bonds is 7. The van der Waals surface area contributed by atoms with Crippen LogP contribution in [0.4, 0.5) is 4.39 Å². The summed E-state index contributed by atoms with van der Waals surface area (Å²) in [6.07, 6.45) is 0. The Bertz CT molecular complexity index is 1450. The Morgan fingerprint density at radius 1 is 1.00 bits per heavy atom. The first-order valence-electron chi connectivity index (χ1n) is 12.4. The molecule has 0 amide bonds. The molecule has 202 valence electrons. The highest BCUT2D eigenvalue weighted by molar-refractivity contribution is 6.08. The Labute approximate surface area is 224 Å². The van der Waals surface area contributed by atoms with E-state index in [0.29, 0.717) is 40.0 Å². The van der Waals surface area contributed by atoms with Crippen molar-refractivity contribution in [2.45, 2.75) is 12.5 Å². The molecule has 0 aromatic heterocycles. The number of carbonyl (C=O) groups is 1. The van der Waals surface area contributed by atoms with Gasteiger partial charge in [0.25, 0.3) is 0 Å². The number of benzene rings is 3. The van der Waals surface area contributed by atoms with Crippen LogP contribution in [0.1, 0.15) is 28.2 Å². The smallest absolute Gasteiger partial charge is 0.311 e. The summed E-state index contributed by atoms with van der Waals surface area (Å²) in [6.45, 7) is 0.214. The molecule has 3 aromatic rings. The van der Waals surface area contributed by atoms with E-state index in [-0.39, 0.29) is 20.0 Å². The van der Waals surface area contributed by atoms with Crippen LogP contribution in [0.2, 0.25) is 0 Å². The van der Waals surface area contributed by atoms with Crippen molar-refractivity contribution in [1.82, 2.24) is 0 Å². The van der Waals surface area contributed by atoms with Crippen LogP contribution < -0.4 is 23.7 Å². The predicted molar refractivity (Wildman–Crippen MR) is 136 cm³/mol. The van der Waals surface area contributed by atoms with Gasteiger partial charge in [0, 0.05) is 11.5 Å². The zero-order valence-electron chi connectivity index (χ0n) is 21.6. The summed E-state index contributed by atoms with van der Waals surface area (Å²) < 4.78 is 47.6. The largest absolute Gasteiger partial charge is 0.493 e. The number of methoxy groups -OCH3 is 3. The van der Waals surface area contributed by atoms with Crippen LogP contribution in [0.3, 0.4) is 0 Å². The van der Waals surface area contributed by atoms with Crippen LogP contribution in [0.25, 0.3) is 0 Å². The third kappa shape index (κ3) is 4.25. The summed E-state index contributed by atoms with van der Waals surface area (Å²) in [7, 11) is 4.60. The van der Waals surface area contributed by atoms with Gasteiger partial charge in [-0.1, -0.05) is 17.3 Å². The normalized spacial score (nSPS) is 20.3. The van der Waals surface area contributed by atoms with Crippen molar-refractivity contribution >= 4 is 11.7 Å². The van der Waals surface area contributed by atoms with E-state index >= 15 is 0 Å². The van der Waals surface area contributed by atoms with Gasteiger partial charge in [0.2, 0.25) is 12.5 Å². The van der Waals surface area contributed by atoms with E-state index < -0.39 is 29.5 Å². The molecule has 3 atom stereocenters. The van der Waals surface area contributed by atoms with Crippen LogP contribution in [0.15, 0.2) is 53.7 Å². The van der Waals surface area contributed by atoms with Crippen molar-refractivity contribution in [3.63, 3.8) is 0 Å². The molecule has 0 bridgehead atoms. The highest BCUT2D eigenvalue weighted by Crippen LogP contribution is 2.52. The summed E-state index contributed by atoms with van der Waals surface area (Å²) in [5.74, 6) is -0.0293. The number of nitrogens with zero attached hydrogens (tertiary/aromatic N) is 1. The lowest BCUT2D eigenvalue weighted by Crippen LogP contribution is -2.41. The zero-order valence-corrected chi connectivity index (χ0v) is 21.6. The molecule has 0 saturated carbocycles. The lowest BCUT2D eigenvalue weighted by molar-refractivity contribution is -0.152. The van der Waals surface area contributed by atoms with Gasteiger partial charge >= 0.3 is 5.97 Å². The molecule has 9 nitrogen and oxygen atoms in total. The van der Waals surface area contributed by atoms with Gasteiger partial charge in [0.05, 0.1) is 38.9 Å². The third-order valence-electron chi connectivity index (χ3n) is 7.31. The fourth-order valence-corrected chi connectivity index (χ4v) is 5.56. The Kier molecular flexibility index (Phi) is 6.38. The highest BCUT2D eigenvalue weighted by Gasteiger charge is 2.50. The van der Waals surface area contributed by atoms with Gasteiger partial charge in [-0.3, -0.25) is 4.79 Å². The van der Waals surface area contributed by atoms with Crippen molar-refractivity contribution in [3.8, 4) is 28.7 Å². The Morgan fingerprint density at radius 2 is 1.74 bits per heavy atom. The molecule has 3 aliphatic rings. The number of oxime groups is 1. The van der Waals surface area contributed by atoms with Crippen LogP contribution >= 0.6 is 0 Å². The average Bonchev–Trinajstić information content (AvgIpc) is 3.63. The maximum atomic E-state index is 13.9. The standard InChI is InChI=1S/C29H26FNO8/c1-33-23-8-16(9-24(34-2)28(23)35-3)25-18-10-21-22(38-14-37-21)11-19(18)27-20(13-39-31-27)26(25)29(32)36-12-15-5-4-6-17(30)7-15/h4-11,20,25-26H,12-14H2,1-3H3/t20-,25+,26-/m0/s1. The molecule has 39 heavy (non-hydrogen) atoms. The predicted octanol–water partition coefficient (Wildman–Crippen LogP) is 4.44. The summed E-state index contributed by atoms with van der Waals surface area (Å²) in [5, 5.41) is 4.30. The second-order valence-electron chi connectivity index (χ2n) is 9.37. The minimum atomic E-state index is -0.726. The maximum absolute atomic E-state index is 13.9. The number of hydrogen-bond acceptors (Lipinski definition) is 9. The molecule has 2 aliphatic heterocycles. The Balaban J connectivity index is 1.49. The molecular weight excluding hydrogens is 509 g/mol. The molecular formula is C29H26FNO8. The summed E-state index contributed by atoms with van der Waals surface area (Å²) in [6, 6.07) is 13.4. The Morgan fingerprint density at radius 3 is 2.44 bits per heavy atom. The number of fused-ring (bicyclic) bond motifs is 4. The quantitative estimate of drug-likeness (QED) is 0.410. The molecule has 1 aliphatic carbocycles. The lowest BCUT2D eigenvalue weighted by Gasteiger charge is -2.36. The maximum Gasteiger partial charge on any atom is 0.311 e. The van der Waals surface area contributed by atoms with Gasteiger partial charge in [-0.15, -0.1) is 0 Å². The third-order valence-corrected chi connectivity index (χ3v) is 7.31. The first kappa shape index (κ1) is 24.8. The number of ether oxygens (including phenoxy) is 6. The molecule has 2 heterocycles. The molecule has 6 rings (SSSR count). The molecule has 0 saturated heterocycles. The van der Waals surface area contributed by atoms with Gasteiger partial charge in [-0.05, 0) is 53.1 Å². The van der Waals surface area contributed by atoms with E-state index in [2.05, 4.69) is 5.16 Å². The van der Waals surface area contributed by atoms with E-state index in [1.165, 1.54) is 33.5 Å². The van der Waals surface area contributed by atoms with Crippen molar-refractivity contribution in [2.75, 3.05) is 34.7 Å². The second-order valence-corrected chi connectivity index (χ2v) is 9.37. The van der Waals surface area contributed by atoms with Crippen molar-refractivity contribution in [2.24, 2.45) is 17.0 Å². The van der Waals surface area contributed by atoms with Crippen molar-refractivity contribution in [3.05, 3.63) is 76.6 Å². The zero-order chi connectivity index (χ0) is 27.1. The molecule has 0 unspecified atom stereocenters. The number of halogens is 1. The summed E-state index contributed by atoms with van der Waals surface area (Å²) >= 11 is 0. The molecule has 0 fully saturated rings. The number of hydrogen-bond donors (Lipinski definition) is 0. The monoisotopic (exact) mass is 535 g/mol. The van der Waals surface area contributed by atoms with Crippen LogP contribution in [0.5, 0.6) is 28.7 Å². The second kappa shape index (κ2) is 10.0. The summed E-state index contributed by atoms with van der Waals surface area (Å²) in [4.78, 5) is 19.4. The number of carbonyl (C=O) groups excluding carboxylic acids is 1. The van der Waals surface area contributed by atoms with Gasteiger partial charge in [0.15, 0.2) is 23.0 Å². The van der Waals surface area contributed by atoms with Crippen LogP contribution in [-0.2, 0) is 21.0 Å². The SMILES string of the molecule is COc1cc([C@@H]2c3cc4c(cc3C3=NOC[C@H]3[C@@H]2C(=O)OCc2cccc(F)c2)OCO4)cc(OC)c1OC. The minimum absolute atomic E-state index is 0.0802. The molecule has 0 spiro atoms. The van der Waals surface area contributed by atoms with E-state index in [0.717, 1.165) is 16.7 Å². The summed E-state index contributed by atoms with van der Waals surface area (Å²) in [5.41, 5.74) is 3.52. The minimum Gasteiger partial charge on any atom is -0.493 e. The fraction of sp³-hybridized carbons (Fsp3) is 0.310. The van der Waals surface area contributed by atoms with Crippen LogP contribution in [-0.4, -0.2) is 46.4 Å². The molecule has 3 aromatic carbocycles. The fourth-order valence-electron chi connectivity index (χ4n) is 5.56. The molecule has 0 N–H and O–H groups in total. The van der Waals surface area contributed by atoms with E-state index in [1.54, 1.807) is 12.1 Å². The average molecular weight is 536 g/mol. The molecule has 10 heteroatoms. The first-order valence-corrected chi connectivity index (χ1v) is 12.4. The van der Waals surface area contributed by atoms with Gasteiger partial charge in [-0.25, -0.2) is 4.39 Å². The topological polar surface area (TPSA) is 94.0 Å². The number of esters is 1. The first-order chi connectivity index (χ1) is 19.0. The van der Waals surface area contributed by atoms with Crippen LogP contribution in [0, 0.1) is 17.7 Å². The van der Waals surface area contributed by atoms with E-state index in [4.69, 9.17) is 33.3 Å². The van der Waals surface area contributed by atoms with Crippen molar-refractivity contribution < 1.29 is 42.4 Å². The van der Waals surface area contributed by atoms with Gasteiger partial charge in [0.1, 0.15) is 19.0 Å².